The summed E-state index contributed by atoms with van der Waals surface area (Å²) in [6.45, 7) is 4.26. The number of aromatic nitrogens is 3. The molecule has 162 valence electrons. The van der Waals surface area contributed by atoms with Gasteiger partial charge >= 0.3 is 0 Å². The molecule has 32 heavy (non-hydrogen) atoms. The van der Waals surface area contributed by atoms with E-state index < -0.39 is 0 Å². The Morgan fingerprint density at radius 2 is 1.88 bits per heavy atom. The molecular formula is C24H23N5OS2. The van der Waals surface area contributed by atoms with Crippen molar-refractivity contribution in [1.29, 1.82) is 0 Å². The molecule has 1 fully saturated rings. The number of benzene rings is 1. The van der Waals surface area contributed by atoms with E-state index in [-0.39, 0.29) is 12.1 Å². The maximum absolute atomic E-state index is 5.84. The van der Waals surface area contributed by atoms with E-state index in [0.717, 1.165) is 33.7 Å². The first-order valence-corrected chi connectivity index (χ1v) is 11.6. The Bertz CT molecular complexity index is 1240. The van der Waals surface area contributed by atoms with Crippen molar-refractivity contribution in [2.75, 3.05) is 12.0 Å². The summed E-state index contributed by atoms with van der Waals surface area (Å²) in [5.74, 6) is 0.812. The maximum atomic E-state index is 5.84. The molecule has 6 nitrogen and oxygen atoms in total. The highest BCUT2D eigenvalue weighted by molar-refractivity contribution is 7.80. The van der Waals surface area contributed by atoms with Crippen molar-refractivity contribution < 1.29 is 4.74 Å². The number of hydrogen-bond donors (Lipinski definition) is 1. The molecule has 1 aliphatic heterocycles. The van der Waals surface area contributed by atoms with E-state index in [1.807, 2.05) is 60.2 Å². The average molecular weight is 462 g/mol. The van der Waals surface area contributed by atoms with Gasteiger partial charge in [-0.25, -0.2) is 4.98 Å². The molecule has 0 spiro atoms. The molecule has 2 atom stereocenters. The van der Waals surface area contributed by atoms with Crippen LogP contribution in [0.2, 0.25) is 0 Å². The minimum Gasteiger partial charge on any atom is -0.497 e. The molecule has 3 aromatic heterocycles. The first kappa shape index (κ1) is 20.7. The smallest absolute Gasteiger partial charge is 0.193 e. The summed E-state index contributed by atoms with van der Waals surface area (Å²) in [5, 5.41) is 7.17. The molecule has 1 N–H and O–H groups in total. The van der Waals surface area contributed by atoms with Gasteiger partial charge in [-0.05, 0) is 74.1 Å². The van der Waals surface area contributed by atoms with Gasteiger partial charge in [0.15, 0.2) is 10.2 Å². The highest BCUT2D eigenvalue weighted by Gasteiger charge is 2.42. The number of thiazole rings is 1. The van der Waals surface area contributed by atoms with Gasteiger partial charge in [0, 0.05) is 34.8 Å². The van der Waals surface area contributed by atoms with E-state index in [1.54, 1.807) is 18.4 Å². The standard InChI is InChI=1S/C24H23N5OS2/c1-15-14-19(16(2)28(15)24-26-12-13-32-24)22-21(20-6-4-5-11-25-20)27-23(31)29(22)17-7-9-18(30-3)10-8-17/h4-14,21-22H,1-3H3,(H,27,31)/t21-,22-/m1/s1. The van der Waals surface area contributed by atoms with Gasteiger partial charge < -0.3 is 15.0 Å². The number of nitrogens with zero attached hydrogens (tertiary/aromatic N) is 4. The Kier molecular flexibility index (Phi) is 5.40. The topological polar surface area (TPSA) is 55.2 Å². The number of rotatable bonds is 5. The summed E-state index contributed by atoms with van der Waals surface area (Å²) >= 11 is 7.47. The summed E-state index contributed by atoms with van der Waals surface area (Å²) in [6, 6.07) is 16.1. The molecule has 4 heterocycles. The van der Waals surface area contributed by atoms with Crippen molar-refractivity contribution >= 4 is 34.4 Å². The molecular weight excluding hydrogens is 438 g/mol. The molecule has 0 radical (unpaired) electrons. The summed E-state index contributed by atoms with van der Waals surface area (Å²) in [7, 11) is 1.67. The van der Waals surface area contributed by atoms with Crippen LogP contribution in [-0.4, -0.2) is 26.8 Å². The minimum atomic E-state index is -0.0870. The molecule has 0 amide bonds. The van der Waals surface area contributed by atoms with Gasteiger partial charge in [0.25, 0.3) is 0 Å². The predicted octanol–water partition coefficient (Wildman–Crippen LogP) is 5.13. The summed E-state index contributed by atoms with van der Waals surface area (Å²) < 4.78 is 7.57. The highest BCUT2D eigenvalue weighted by atomic mass is 32.1. The molecule has 0 unspecified atom stereocenters. The van der Waals surface area contributed by atoms with Crippen molar-refractivity contribution in [2.24, 2.45) is 0 Å². The third kappa shape index (κ3) is 3.45. The van der Waals surface area contributed by atoms with Crippen molar-refractivity contribution in [3.8, 4) is 10.9 Å². The van der Waals surface area contributed by atoms with Crippen molar-refractivity contribution in [3.05, 3.63) is 88.9 Å². The van der Waals surface area contributed by atoms with Crippen LogP contribution >= 0.6 is 23.6 Å². The van der Waals surface area contributed by atoms with Crippen LogP contribution in [0, 0.1) is 13.8 Å². The number of nitrogens with one attached hydrogen (secondary N) is 1. The number of hydrogen-bond acceptors (Lipinski definition) is 5. The second-order valence-corrected chi connectivity index (χ2v) is 8.93. The largest absolute Gasteiger partial charge is 0.497 e. The first-order chi connectivity index (χ1) is 15.6. The summed E-state index contributed by atoms with van der Waals surface area (Å²) in [4.78, 5) is 11.4. The van der Waals surface area contributed by atoms with Crippen LogP contribution in [0.5, 0.6) is 5.75 Å². The fourth-order valence-corrected chi connectivity index (χ4v) is 5.50. The fourth-order valence-electron chi connectivity index (χ4n) is 4.40. The second-order valence-electron chi connectivity index (χ2n) is 7.67. The Morgan fingerprint density at radius 3 is 2.53 bits per heavy atom. The van der Waals surface area contributed by atoms with Crippen molar-refractivity contribution in [1.82, 2.24) is 19.9 Å². The Labute approximate surface area is 196 Å². The van der Waals surface area contributed by atoms with Gasteiger partial charge in [-0.2, -0.15) is 0 Å². The van der Waals surface area contributed by atoms with Crippen LogP contribution in [0.1, 0.15) is 34.7 Å². The Hall–Kier alpha value is -3.23. The van der Waals surface area contributed by atoms with Gasteiger partial charge in [-0.1, -0.05) is 6.07 Å². The first-order valence-electron chi connectivity index (χ1n) is 10.3. The normalized spacial score (nSPS) is 18.1. The minimum absolute atomic E-state index is 0.0642. The maximum Gasteiger partial charge on any atom is 0.193 e. The van der Waals surface area contributed by atoms with Crippen LogP contribution in [0.25, 0.3) is 5.13 Å². The van der Waals surface area contributed by atoms with E-state index >= 15 is 0 Å². The van der Waals surface area contributed by atoms with Gasteiger partial charge in [-0.15, -0.1) is 11.3 Å². The monoisotopic (exact) mass is 461 g/mol. The van der Waals surface area contributed by atoms with Crippen LogP contribution in [-0.2, 0) is 0 Å². The lowest BCUT2D eigenvalue weighted by Gasteiger charge is -2.28. The van der Waals surface area contributed by atoms with E-state index in [4.69, 9.17) is 17.0 Å². The number of ether oxygens (including phenoxy) is 1. The number of methoxy groups -OCH3 is 1. The van der Waals surface area contributed by atoms with Gasteiger partial charge in [0.2, 0.25) is 0 Å². The number of pyridine rings is 1. The van der Waals surface area contributed by atoms with E-state index in [2.05, 4.69) is 44.7 Å². The zero-order valence-corrected chi connectivity index (χ0v) is 19.7. The summed E-state index contributed by atoms with van der Waals surface area (Å²) in [5.41, 5.74) is 5.44. The molecule has 1 saturated heterocycles. The number of thiocarbonyl (C=S) groups is 1. The van der Waals surface area contributed by atoms with Crippen molar-refractivity contribution in [2.45, 2.75) is 25.9 Å². The van der Waals surface area contributed by atoms with E-state index in [0.29, 0.717) is 5.11 Å². The molecule has 0 saturated carbocycles. The highest BCUT2D eigenvalue weighted by Crippen LogP contribution is 2.44. The fraction of sp³-hybridized carbons (Fsp3) is 0.208. The Balaban J connectivity index is 1.66. The van der Waals surface area contributed by atoms with E-state index in [9.17, 15) is 0 Å². The molecule has 0 bridgehead atoms. The van der Waals surface area contributed by atoms with Crippen LogP contribution in [0.15, 0.2) is 66.3 Å². The third-order valence-corrected chi connectivity index (χ3v) is 6.92. The third-order valence-electron chi connectivity index (χ3n) is 5.85. The van der Waals surface area contributed by atoms with Gasteiger partial charge in [0.1, 0.15) is 5.75 Å². The molecule has 5 rings (SSSR count). The lowest BCUT2D eigenvalue weighted by molar-refractivity contribution is 0.415. The van der Waals surface area contributed by atoms with Gasteiger partial charge in [-0.3, -0.25) is 9.55 Å². The zero-order chi connectivity index (χ0) is 22.2. The summed E-state index contributed by atoms with van der Waals surface area (Å²) in [6.07, 6.45) is 3.66. The molecule has 4 aromatic rings. The van der Waals surface area contributed by atoms with Crippen molar-refractivity contribution in [3.63, 3.8) is 0 Å². The SMILES string of the molecule is COc1ccc(N2C(=S)N[C@H](c3ccccn3)[C@H]2c2cc(C)n(-c3nccs3)c2C)cc1. The van der Waals surface area contributed by atoms with Crippen LogP contribution in [0.3, 0.4) is 0 Å². The number of aryl methyl sites for hydroxylation is 1. The van der Waals surface area contributed by atoms with Crippen LogP contribution < -0.4 is 15.0 Å². The average Bonchev–Trinajstić information content (AvgIpc) is 3.52. The number of anilines is 1. The lowest BCUT2D eigenvalue weighted by Crippen LogP contribution is -2.29. The quantitative estimate of drug-likeness (QED) is 0.416. The molecule has 1 aliphatic rings. The predicted molar refractivity (Wildman–Crippen MR) is 132 cm³/mol. The molecule has 1 aromatic carbocycles. The zero-order valence-electron chi connectivity index (χ0n) is 18.0. The Morgan fingerprint density at radius 1 is 1.06 bits per heavy atom. The van der Waals surface area contributed by atoms with Crippen LogP contribution in [0.4, 0.5) is 5.69 Å². The van der Waals surface area contributed by atoms with Gasteiger partial charge in [0.05, 0.1) is 24.9 Å². The van der Waals surface area contributed by atoms with E-state index in [1.165, 1.54) is 5.56 Å². The molecule has 8 heteroatoms. The molecule has 0 aliphatic carbocycles. The second kappa shape index (κ2) is 8.37. The lowest BCUT2D eigenvalue weighted by atomic mass is 9.96.